The largest absolute Gasteiger partial charge is 0.360 e. The standard InChI is InChI=1S/C23H18F4N4O/c1-11-21-13(22(30(2)29-21)12-8-16(25)20(27)17(26)9-12)6-7-31(11)23(32)14-10-28-18-5-3-4-15(24)19(14)18/h3-5,8-11,28H,6-7H2,1-2H3/t11-/m0/s1. The van der Waals surface area contributed by atoms with Crippen molar-refractivity contribution >= 4 is 16.8 Å². The molecule has 5 nitrogen and oxygen atoms in total. The van der Waals surface area contributed by atoms with Crippen LogP contribution in [0.4, 0.5) is 17.6 Å². The van der Waals surface area contributed by atoms with E-state index in [9.17, 15) is 22.4 Å². The van der Waals surface area contributed by atoms with Crippen LogP contribution in [-0.2, 0) is 13.5 Å². The van der Waals surface area contributed by atoms with Crippen LogP contribution in [0.25, 0.3) is 22.2 Å². The molecule has 0 spiro atoms. The van der Waals surface area contributed by atoms with E-state index in [0.29, 0.717) is 29.9 Å². The molecule has 2 aromatic carbocycles. The van der Waals surface area contributed by atoms with E-state index in [1.807, 2.05) is 0 Å². The maximum absolute atomic E-state index is 14.4. The third-order valence-electron chi connectivity index (χ3n) is 6.05. The molecule has 0 saturated carbocycles. The van der Waals surface area contributed by atoms with Crippen LogP contribution >= 0.6 is 0 Å². The average molecular weight is 442 g/mol. The first-order valence-corrected chi connectivity index (χ1v) is 10.0. The smallest absolute Gasteiger partial charge is 0.256 e. The molecule has 0 unspecified atom stereocenters. The second-order valence-electron chi connectivity index (χ2n) is 7.88. The number of hydrogen-bond acceptors (Lipinski definition) is 2. The molecule has 1 N–H and O–H groups in total. The molecular formula is C23H18F4N4O. The lowest BCUT2D eigenvalue weighted by Gasteiger charge is -2.33. The summed E-state index contributed by atoms with van der Waals surface area (Å²) >= 11 is 0. The lowest BCUT2D eigenvalue weighted by Crippen LogP contribution is -2.38. The Hall–Kier alpha value is -3.62. The van der Waals surface area contributed by atoms with E-state index < -0.39 is 29.3 Å². The highest BCUT2D eigenvalue weighted by atomic mass is 19.2. The van der Waals surface area contributed by atoms with Crippen molar-refractivity contribution in [3.05, 3.63) is 76.6 Å². The molecule has 4 aromatic rings. The lowest BCUT2D eigenvalue weighted by molar-refractivity contribution is 0.0675. The molecule has 1 aliphatic rings. The van der Waals surface area contributed by atoms with Gasteiger partial charge in [-0.15, -0.1) is 0 Å². The Morgan fingerprint density at radius 1 is 1.12 bits per heavy atom. The summed E-state index contributed by atoms with van der Waals surface area (Å²) in [6.45, 7) is 2.10. The van der Waals surface area contributed by atoms with Gasteiger partial charge in [0.1, 0.15) is 5.82 Å². The van der Waals surface area contributed by atoms with Crippen LogP contribution in [0.1, 0.15) is 34.6 Å². The van der Waals surface area contributed by atoms with Crippen LogP contribution < -0.4 is 0 Å². The van der Waals surface area contributed by atoms with Crippen LogP contribution in [0, 0.1) is 23.3 Å². The number of carbonyl (C=O) groups excluding carboxylic acids is 1. The zero-order valence-corrected chi connectivity index (χ0v) is 17.2. The van der Waals surface area contributed by atoms with Crippen LogP contribution in [0.15, 0.2) is 36.5 Å². The Morgan fingerprint density at radius 3 is 2.56 bits per heavy atom. The SMILES string of the molecule is C[C@H]1c2nn(C)c(-c3cc(F)c(F)c(F)c3)c2CCN1C(=O)c1c[nH]c2cccc(F)c12. The number of fused-ring (bicyclic) bond motifs is 2. The molecule has 3 heterocycles. The number of nitrogens with zero attached hydrogens (tertiary/aromatic N) is 3. The van der Waals surface area contributed by atoms with Gasteiger partial charge in [-0.05, 0) is 37.6 Å². The van der Waals surface area contributed by atoms with Crippen LogP contribution in [0.3, 0.4) is 0 Å². The molecular weight excluding hydrogens is 424 g/mol. The summed E-state index contributed by atoms with van der Waals surface area (Å²) < 4.78 is 56.9. The summed E-state index contributed by atoms with van der Waals surface area (Å²) in [6.07, 6.45) is 1.87. The summed E-state index contributed by atoms with van der Waals surface area (Å²) in [6, 6.07) is 5.97. The monoisotopic (exact) mass is 442 g/mol. The summed E-state index contributed by atoms with van der Waals surface area (Å²) in [7, 11) is 1.63. The number of aryl methyl sites for hydroxylation is 1. The van der Waals surface area contributed by atoms with Crippen molar-refractivity contribution in [1.82, 2.24) is 19.7 Å². The molecule has 164 valence electrons. The van der Waals surface area contributed by atoms with E-state index in [2.05, 4.69) is 10.1 Å². The zero-order chi connectivity index (χ0) is 22.7. The Bertz CT molecular complexity index is 1370. The highest BCUT2D eigenvalue weighted by Gasteiger charge is 2.34. The number of aromatic amines is 1. The lowest BCUT2D eigenvalue weighted by atomic mass is 9.95. The number of carbonyl (C=O) groups is 1. The molecule has 5 rings (SSSR count). The molecule has 2 aromatic heterocycles. The van der Waals surface area contributed by atoms with Crippen molar-refractivity contribution in [2.24, 2.45) is 7.05 Å². The molecule has 0 aliphatic carbocycles. The first-order valence-electron chi connectivity index (χ1n) is 10.0. The highest BCUT2D eigenvalue weighted by molar-refractivity contribution is 6.07. The minimum absolute atomic E-state index is 0.170. The molecule has 32 heavy (non-hydrogen) atoms. The number of halogens is 4. The van der Waals surface area contributed by atoms with Crippen molar-refractivity contribution in [2.75, 3.05) is 6.54 Å². The van der Waals surface area contributed by atoms with Gasteiger partial charge in [0.25, 0.3) is 5.91 Å². The normalized spacial score (nSPS) is 15.9. The Kier molecular flexibility index (Phi) is 4.58. The third kappa shape index (κ3) is 2.91. The molecule has 1 aliphatic heterocycles. The van der Waals surface area contributed by atoms with Crippen LogP contribution in [0.5, 0.6) is 0 Å². The number of H-pyrrole nitrogens is 1. The molecule has 1 atom stereocenters. The fourth-order valence-electron chi connectivity index (χ4n) is 4.54. The summed E-state index contributed by atoms with van der Waals surface area (Å²) in [4.78, 5) is 17.8. The van der Waals surface area contributed by atoms with Gasteiger partial charge in [-0.25, -0.2) is 17.6 Å². The number of nitrogens with one attached hydrogen (secondary N) is 1. The van der Waals surface area contributed by atoms with Gasteiger partial charge in [0.05, 0.1) is 23.0 Å². The summed E-state index contributed by atoms with van der Waals surface area (Å²) in [5, 5.41) is 4.72. The van der Waals surface area contributed by atoms with E-state index >= 15 is 0 Å². The number of amides is 1. The Balaban J connectivity index is 1.54. The number of benzene rings is 2. The third-order valence-corrected chi connectivity index (χ3v) is 6.05. The van der Waals surface area contributed by atoms with E-state index in [-0.39, 0.29) is 22.4 Å². The zero-order valence-electron chi connectivity index (χ0n) is 17.2. The van der Waals surface area contributed by atoms with Crippen molar-refractivity contribution in [3.63, 3.8) is 0 Å². The number of hydrogen-bond donors (Lipinski definition) is 1. The first-order chi connectivity index (χ1) is 15.3. The van der Waals surface area contributed by atoms with Crippen molar-refractivity contribution < 1.29 is 22.4 Å². The van der Waals surface area contributed by atoms with Gasteiger partial charge >= 0.3 is 0 Å². The summed E-state index contributed by atoms with van der Waals surface area (Å²) in [5.74, 6) is -4.92. The maximum Gasteiger partial charge on any atom is 0.256 e. The molecule has 1 amide bonds. The van der Waals surface area contributed by atoms with Crippen LogP contribution in [-0.4, -0.2) is 32.1 Å². The predicted molar refractivity (Wildman–Crippen MR) is 110 cm³/mol. The second-order valence-corrected chi connectivity index (χ2v) is 7.88. The maximum atomic E-state index is 14.4. The summed E-state index contributed by atoms with van der Waals surface area (Å²) in [5.41, 5.74) is 2.71. The number of rotatable bonds is 2. The minimum atomic E-state index is -1.53. The van der Waals surface area contributed by atoms with E-state index in [0.717, 1.165) is 17.7 Å². The van der Waals surface area contributed by atoms with Gasteiger partial charge in [0, 0.05) is 41.8 Å². The molecule has 0 saturated heterocycles. The molecule has 0 bridgehead atoms. The Labute approximate surface area is 180 Å². The van der Waals surface area contributed by atoms with Crippen molar-refractivity contribution in [3.8, 4) is 11.3 Å². The van der Waals surface area contributed by atoms with Gasteiger partial charge in [-0.2, -0.15) is 5.10 Å². The van der Waals surface area contributed by atoms with Gasteiger partial charge < -0.3 is 9.88 Å². The second kappa shape index (κ2) is 7.22. The minimum Gasteiger partial charge on any atom is -0.360 e. The van der Waals surface area contributed by atoms with E-state index in [4.69, 9.17) is 0 Å². The van der Waals surface area contributed by atoms with Gasteiger partial charge in [0.2, 0.25) is 0 Å². The van der Waals surface area contributed by atoms with Gasteiger partial charge in [0.15, 0.2) is 17.5 Å². The molecule has 9 heteroatoms. The van der Waals surface area contributed by atoms with Crippen LogP contribution in [0.2, 0.25) is 0 Å². The predicted octanol–water partition coefficient (Wildman–Crippen LogP) is 4.88. The topological polar surface area (TPSA) is 53.9 Å². The fourth-order valence-corrected chi connectivity index (χ4v) is 4.54. The van der Waals surface area contributed by atoms with Gasteiger partial charge in [-0.3, -0.25) is 9.48 Å². The van der Waals surface area contributed by atoms with Gasteiger partial charge in [-0.1, -0.05) is 6.07 Å². The molecule has 0 fully saturated rings. The average Bonchev–Trinajstić information content (AvgIpc) is 3.34. The number of aromatic nitrogens is 3. The highest BCUT2D eigenvalue weighted by Crippen LogP contribution is 2.37. The Morgan fingerprint density at radius 2 is 1.84 bits per heavy atom. The van der Waals surface area contributed by atoms with Crippen molar-refractivity contribution in [1.29, 1.82) is 0 Å². The fraction of sp³-hybridized carbons (Fsp3) is 0.217. The first kappa shape index (κ1) is 20.3. The quantitative estimate of drug-likeness (QED) is 0.355. The van der Waals surface area contributed by atoms with E-state index in [1.54, 1.807) is 31.0 Å². The molecule has 0 radical (unpaired) electrons. The van der Waals surface area contributed by atoms with E-state index in [1.165, 1.54) is 16.9 Å². The van der Waals surface area contributed by atoms with Crippen molar-refractivity contribution in [2.45, 2.75) is 19.4 Å².